The highest BCUT2D eigenvalue weighted by Crippen LogP contribution is 2.50. The predicted octanol–water partition coefficient (Wildman–Crippen LogP) is 11.5. The molecule has 6 aromatic carbocycles. The largest absolute Gasteiger partial charge is 0.457 e. The molecule has 0 radical (unpaired) electrons. The Morgan fingerprint density at radius 2 is 1.16 bits per heavy atom. The van der Waals surface area contributed by atoms with E-state index in [-0.39, 0.29) is 5.41 Å². The molecule has 0 N–H and O–H groups in total. The molecule has 1 aliphatic heterocycles. The highest BCUT2D eigenvalue weighted by atomic mass is 16.5. The van der Waals surface area contributed by atoms with Crippen molar-refractivity contribution in [3.05, 3.63) is 169 Å². The monoisotopic (exact) mass is 629 g/mol. The number of aromatic nitrogens is 2. The zero-order valence-corrected chi connectivity index (χ0v) is 27.2. The Kier molecular flexibility index (Phi) is 6.50. The molecule has 0 aliphatic carbocycles. The Bertz CT molecular complexity index is 2610. The number of hydrogen-bond acceptors (Lipinski definition) is 3. The van der Waals surface area contributed by atoms with Crippen LogP contribution < -0.4 is 4.74 Å². The number of rotatable bonds is 4. The minimum absolute atomic E-state index is 0.301. The van der Waals surface area contributed by atoms with Gasteiger partial charge in [0.05, 0.1) is 22.7 Å². The zero-order chi connectivity index (χ0) is 33.1. The lowest BCUT2D eigenvalue weighted by Crippen LogP contribution is -2.24. The summed E-state index contributed by atoms with van der Waals surface area (Å²) < 4.78 is 8.83. The van der Waals surface area contributed by atoms with Crippen molar-refractivity contribution in [3.8, 4) is 56.6 Å². The van der Waals surface area contributed by atoms with Crippen LogP contribution in [0.4, 0.5) is 0 Å². The van der Waals surface area contributed by atoms with Gasteiger partial charge in [-0.2, -0.15) is 5.26 Å². The second kappa shape index (κ2) is 11.1. The summed E-state index contributed by atoms with van der Waals surface area (Å²) >= 11 is 0. The molecule has 2 aromatic heterocycles. The topological polar surface area (TPSA) is 50.8 Å². The van der Waals surface area contributed by atoms with Crippen molar-refractivity contribution in [1.29, 1.82) is 5.26 Å². The summed E-state index contributed by atoms with van der Waals surface area (Å²) in [5.74, 6) is 1.77. The van der Waals surface area contributed by atoms with Gasteiger partial charge in [0, 0.05) is 51.0 Å². The molecule has 4 nitrogen and oxygen atoms in total. The van der Waals surface area contributed by atoms with E-state index < -0.39 is 0 Å². The smallest absolute Gasteiger partial charge is 0.131 e. The molecular weight excluding hydrogens is 599 g/mol. The van der Waals surface area contributed by atoms with Gasteiger partial charge < -0.3 is 9.30 Å². The first-order valence-electron chi connectivity index (χ1n) is 16.5. The molecule has 0 amide bonds. The van der Waals surface area contributed by atoms with Gasteiger partial charge in [0.15, 0.2) is 0 Å². The molecular formula is C45H31N3O. The summed E-state index contributed by atoms with van der Waals surface area (Å²) in [5, 5.41) is 11.9. The SMILES string of the molecule is CC1(C)c2cc(-c3cccc(-c4cccnc4)c3)ccc2Oc2ccc(-c3ccc4c(c3)c3cc(C#N)ccc3n4-c3ccccc3)cc21. The standard InChI is InChI=1S/C45H31N3O/c1-45(2)39-25-33(30-8-6-9-31(23-30)35-10-7-21-47-28-35)15-19-43(39)49-44-20-16-34(26-40(44)45)32-14-18-42-38(24-32)37-22-29(27-46)13-17-41(37)48(42)36-11-4-3-5-12-36/h3-26,28H,1-2H3. The van der Waals surface area contributed by atoms with Crippen LogP contribution in [0.15, 0.2) is 152 Å². The van der Waals surface area contributed by atoms with E-state index in [0.717, 1.165) is 83.5 Å². The van der Waals surface area contributed by atoms with E-state index in [0.29, 0.717) is 5.56 Å². The Morgan fingerprint density at radius 1 is 0.571 bits per heavy atom. The van der Waals surface area contributed by atoms with Crippen molar-refractivity contribution in [2.75, 3.05) is 0 Å². The van der Waals surface area contributed by atoms with E-state index in [1.54, 1.807) is 6.20 Å². The van der Waals surface area contributed by atoms with Crippen LogP contribution in [0.1, 0.15) is 30.5 Å². The summed E-state index contributed by atoms with van der Waals surface area (Å²) in [4.78, 5) is 4.31. The lowest BCUT2D eigenvalue weighted by atomic mass is 9.74. The Balaban J connectivity index is 1.13. The molecule has 0 bridgehead atoms. The normalized spacial score (nSPS) is 13.0. The number of fused-ring (bicyclic) bond motifs is 5. The maximum atomic E-state index is 9.73. The van der Waals surface area contributed by atoms with Crippen LogP contribution in [0.5, 0.6) is 11.5 Å². The van der Waals surface area contributed by atoms with Gasteiger partial charge in [-0.05, 0) is 107 Å². The highest BCUT2D eigenvalue weighted by Gasteiger charge is 2.35. The molecule has 8 aromatic rings. The van der Waals surface area contributed by atoms with E-state index in [2.05, 4.69) is 145 Å². The summed E-state index contributed by atoms with van der Waals surface area (Å²) in [6, 6.07) is 51.1. The number of nitrogens with zero attached hydrogens (tertiary/aromatic N) is 3. The second-order valence-electron chi connectivity index (χ2n) is 13.2. The maximum absolute atomic E-state index is 9.73. The lowest BCUT2D eigenvalue weighted by molar-refractivity contribution is 0.418. The van der Waals surface area contributed by atoms with E-state index >= 15 is 0 Å². The van der Waals surface area contributed by atoms with Crippen molar-refractivity contribution < 1.29 is 4.74 Å². The molecule has 232 valence electrons. The Hall–Kier alpha value is -6.44. The quantitative estimate of drug-likeness (QED) is 0.195. The van der Waals surface area contributed by atoms with Crippen LogP contribution in [0, 0.1) is 11.3 Å². The van der Waals surface area contributed by atoms with E-state index in [4.69, 9.17) is 4.74 Å². The number of nitriles is 1. The number of ether oxygens (including phenoxy) is 1. The van der Waals surface area contributed by atoms with Gasteiger partial charge >= 0.3 is 0 Å². The first-order chi connectivity index (χ1) is 24.0. The maximum Gasteiger partial charge on any atom is 0.131 e. The predicted molar refractivity (Wildman–Crippen MR) is 198 cm³/mol. The fraction of sp³-hybridized carbons (Fsp3) is 0.0667. The van der Waals surface area contributed by atoms with Crippen LogP contribution in [0.3, 0.4) is 0 Å². The van der Waals surface area contributed by atoms with Gasteiger partial charge in [0.1, 0.15) is 11.5 Å². The van der Waals surface area contributed by atoms with Crippen molar-refractivity contribution in [1.82, 2.24) is 9.55 Å². The fourth-order valence-corrected chi connectivity index (χ4v) is 7.38. The van der Waals surface area contributed by atoms with Crippen molar-refractivity contribution >= 4 is 21.8 Å². The average Bonchev–Trinajstić information content (AvgIpc) is 3.48. The van der Waals surface area contributed by atoms with Gasteiger partial charge in [-0.15, -0.1) is 0 Å². The van der Waals surface area contributed by atoms with Crippen molar-refractivity contribution in [2.45, 2.75) is 19.3 Å². The van der Waals surface area contributed by atoms with Crippen LogP contribution in [0.2, 0.25) is 0 Å². The Morgan fingerprint density at radius 3 is 1.84 bits per heavy atom. The fourth-order valence-electron chi connectivity index (χ4n) is 7.38. The van der Waals surface area contributed by atoms with Crippen LogP contribution >= 0.6 is 0 Å². The summed E-state index contributed by atoms with van der Waals surface area (Å²) in [7, 11) is 0. The third kappa shape index (κ3) is 4.71. The lowest BCUT2D eigenvalue weighted by Gasteiger charge is -2.35. The van der Waals surface area contributed by atoms with Gasteiger partial charge in [0.25, 0.3) is 0 Å². The molecule has 0 atom stereocenters. The molecule has 3 heterocycles. The van der Waals surface area contributed by atoms with E-state index in [9.17, 15) is 5.26 Å². The van der Waals surface area contributed by atoms with Crippen molar-refractivity contribution in [3.63, 3.8) is 0 Å². The average molecular weight is 630 g/mol. The third-order valence-corrected chi connectivity index (χ3v) is 9.96. The summed E-state index contributed by atoms with van der Waals surface area (Å²) in [6.45, 7) is 4.57. The molecule has 0 saturated carbocycles. The molecule has 0 saturated heterocycles. The number of benzene rings is 6. The van der Waals surface area contributed by atoms with Gasteiger partial charge in [-0.25, -0.2) is 0 Å². The Labute approximate surface area is 285 Å². The van der Waals surface area contributed by atoms with Gasteiger partial charge in [0.2, 0.25) is 0 Å². The minimum Gasteiger partial charge on any atom is -0.457 e. The third-order valence-electron chi connectivity index (χ3n) is 9.96. The summed E-state index contributed by atoms with van der Waals surface area (Å²) in [5.41, 5.74) is 12.7. The van der Waals surface area contributed by atoms with Gasteiger partial charge in [-0.1, -0.05) is 74.5 Å². The van der Waals surface area contributed by atoms with E-state index in [1.165, 1.54) is 0 Å². The first-order valence-corrected chi connectivity index (χ1v) is 16.5. The molecule has 0 spiro atoms. The molecule has 9 rings (SSSR count). The minimum atomic E-state index is -0.301. The molecule has 0 unspecified atom stereocenters. The highest BCUT2D eigenvalue weighted by molar-refractivity contribution is 6.11. The van der Waals surface area contributed by atoms with Crippen molar-refractivity contribution in [2.24, 2.45) is 0 Å². The molecule has 49 heavy (non-hydrogen) atoms. The molecule has 4 heteroatoms. The zero-order valence-electron chi connectivity index (χ0n) is 27.2. The molecule has 0 fully saturated rings. The van der Waals surface area contributed by atoms with Gasteiger partial charge in [-0.3, -0.25) is 4.98 Å². The van der Waals surface area contributed by atoms with Crippen LogP contribution in [-0.2, 0) is 5.41 Å². The van der Waals surface area contributed by atoms with Crippen LogP contribution in [0.25, 0.3) is 60.9 Å². The number of pyridine rings is 1. The van der Waals surface area contributed by atoms with Crippen LogP contribution in [-0.4, -0.2) is 9.55 Å². The first kappa shape index (κ1) is 28.8. The molecule has 1 aliphatic rings. The summed E-state index contributed by atoms with van der Waals surface area (Å²) in [6.07, 6.45) is 3.70. The number of para-hydroxylation sites is 1. The number of hydrogen-bond donors (Lipinski definition) is 0. The second-order valence-corrected chi connectivity index (χ2v) is 13.2. The van der Waals surface area contributed by atoms with E-state index in [1.807, 2.05) is 30.5 Å².